The molecule has 1 heterocycles. The van der Waals surface area contributed by atoms with Gasteiger partial charge in [-0.15, -0.1) is 5.10 Å². The Bertz CT molecular complexity index is 529. The molecule has 0 aliphatic rings. The monoisotopic (exact) mass is 273 g/mol. The highest BCUT2D eigenvalue weighted by Gasteiger charge is 2.09. The van der Waals surface area contributed by atoms with Gasteiger partial charge in [-0.3, -0.25) is 0 Å². The zero-order chi connectivity index (χ0) is 14.4. The number of anilines is 1. The zero-order valence-electron chi connectivity index (χ0n) is 12.5. The molecule has 2 rings (SSSR count). The van der Waals surface area contributed by atoms with Crippen molar-refractivity contribution in [3.63, 3.8) is 0 Å². The summed E-state index contributed by atoms with van der Waals surface area (Å²) in [6.07, 6.45) is 4.79. The highest BCUT2D eigenvalue weighted by Crippen LogP contribution is 2.21. The highest BCUT2D eigenvalue weighted by molar-refractivity contribution is 5.62. The van der Waals surface area contributed by atoms with E-state index in [0.29, 0.717) is 6.04 Å². The third-order valence-corrected chi connectivity index (χ3v) is 3.39. The van der Waals surface area contributed by atoms with Crippen LogP contribution in [0.25, 0.3) is 11.4 Å². The topological polar surface area (TPSA) is 55.6 Å². The molecule has 20 heavy (non-hydrogen) atoms. The van der Waals surface area contributed by atoms with Crippen molar-refractivity contribution in [2.24, 2.45) is 7.05 Å². The maximum Gasteiger partial charge on any atom is 0.181 e. The fourth-order valence-electron chi connectivity index (χ4n) is 2.44. The van der Waals surface area contributed by atoms with Gasteiger partial charge >= 0.3 is 0 Å². The van der Waals surface area contributed by atoms with Crippen molar-refractivity contribution in [3.8, 4) is 11.4 Å². The Hall–Kier alpha value is -1.91. The molecule has 0 bridgehead atoms. The minimum absolute atomic E-state index is 0.540. The summed E-state index contributed by atoms with van der Waals surface area (Å²) in [5.74, 6) is 0.788. The average Bonchev–Trinajstić information content (AvgIpc) is 2.86. The molecule has 1 aromatic carbocycles. The maximum atomic E-state index is 4.05. The number of nitrogens with one attached hydrogen (secondary N) is 1. The number of benzene rings is 1. The van der Waals surface area contributed by atoms with Gasteiger partial charge in [-0.25, -0.2) is 4.68 Å². The first kappa shape index (κ1) is 14.5. The average molecular weight is 273 g/mol. The van der Waals surface area contributed by atoms with Gasteiger partial charge in [0.05, 0.1) is 0 Å². The summed E-state index contributed by atoms with van der Waals surface area (Å²) in [7, 11) is 1.85. The van der Waals surface area contributed by atoms with Crippen molar-refractivity contribution in [1.29, 1.82) is 0 Å². The van der Waals surface area contributed by atoms with E-state index >= 15 is 0 Å². The molecule has 0 spiro atoms. The van der Waals surface area contributed by atoms with Crippen LogP contribution in [0.5, 0.6) is 0 Å². The molecule has 0 aliphatic heterocycles. The number of hydrogen-bond donors (Lipinski definition) is 1. The Balaban J connectivity index is 2.15. The number of tetrazole rings is 1. The number of aryl methyl sites for hydroxylation is 1. The third-order valence-electron chi connectivity index (χ3n) is 3.39. The fourth-order valence-corrected chi connectivity index (χ4v) is 2.44. The smallest absolute Gasteiger partial charge is 0.181 e. The minimum Gasteiger partial charge on any atom is -0.382 e. The SMILES string of the molecule is CCCC(CCC)Nc1cccc(-c2nnnn2C)c1. The fraction of sp³-hybridized carbons (Fsp3) is 0.533. The minimum atomic E-state index is 0.540. The van der Waals surface area contributed by atoms with E-state index in [0.717, 1.165) is 17.1 Å². The summed E-state index contributed by atoms with van der Waals surface area (Å²) >= 11 is 0. The van der Waals surface area contributed by atoms with Crippen LogP contribution in [0.15, 0.2) is 24.3 Å². The van der Waals surface area contributed by atoms with E-state index in [4.69, 9.17) is 0 Å². The van der Waals surface area contributed by atoms with Crippen LogP contribution in [0.4, 0.5) is 5.69 Å². The van der Waals surface area contributed by atoms with Crippen molar-refractivity contribution < 1.29 is 0 Å². The van der Waals surface area contributed by atoms with Gasteiger partial charge in [-0.1, -0.05) is 38.8 Å². The first-order valence-electron chi connectivity index (χ1n) is 7.34. The first-order valence-corrected chi connectivity index (χ1v) is 7.34. The Morgan fingerprint density at radius 3 is 2.55 bits per heavy atom. The van der Waals surface area contributed by atoms with Gasteiger partial charge in [0.1, 0.15) is 0 Å². The van der Waals surface area contributed by atoms with Gasteiger partial charge in [0.25, 0.3) is 0 Å². The van der Waals surface area contributed by atoms with E-state index in [-0.39, 0.29) is 0 Å². The van der Waals surface area contributed by atoms with Crippen molar-refractivity contribution in [2.75, 3.05) is 5.32 Å². The molecule has 2 aromatic rings. The second kappa shape index (κ2) is 7.03. The van der Waals surface area contributed by atoms with Gasteiger partial charge in [0.2, 0.25) is 0 Å². The molecule has 0 fully saturated rings. The molecule has 1 aromatic heterocycles. The van der Waals surface area contributed by atoms with Crippen molar-refractivity contribution in [3.05, 3.63) is 24.3 Å². The van der Waals surface area contributed by atoms with Crippen LogP contribution >= 0.6 is 0 Å². The summed E-state index contributed by atoms with van der Waals surface area (Å²) in [4.78, 5) is 0. The lowest BCUT2D eigenvalue weighted by atomic mass is 10.1. The lowest BCUT2D eigenvalue weighted by Crippen LogP contribution is -2.18. The molecule has 108 valence electrons. The van der Waals surface area contributed by atoms with Gasteiger partial charge in [-0.2, -0.15) is 0 Å². The van der Waals surface area contributed by atoms with Crippen LogP contribution < -0.4 is 5.32 Å². The van der Waals surface area contributed by atoms with Crippen LogP contribution in [0.2, 0.25) is 0 Å². The van der Waals surface area contributed by atoms with E-state index < -0.39 is 0 Å². The van der Waals surface area contributed by atoms with Gasteiger partial charge in [-0.05, 0) is 35.4 Å². The van der Waals surface area contributed by atoms with Gasteiger partial charge < -0.3 is 5.32 Å². The lowest BCUT2D eigenvalue weighted by molar-refractivity contribution is 0.586. The van der Waals surface area contributed by atoms with E-state index in [1.165, 1.54) is 25.7 Å². The Morgan fingerprint density at radius 1 is 1.20 bits per heavy atom. The van der Waals surface area contributed by atoms with Crippen LogP contribution in [0, 0.1) is 0 Å². The molecule has 0 amide bonds. The Morgan fingerprint density at radius 2 is 1.95 bits per heavy atom. The van der Waals surface area contributed by atoms with Gasteiger partial charge in [0, 0.05) is 24.3 Å². The molecule has 1 N–H and O–H groups in total. The predicted molar refractivity (Wildman–Crippen MR) is 81.5 cm³/mol. The molecular weight excluding hydrogens is 250 g/mol. The molecule has 0 saturated carbocycles. The second-order valence-corrected chi connectivity index (χ2v) is 5.13. The molecule has 0 saturated heterocycles. The van der Waals surface area contributed by atoms with Crippen LogP contribution in [0.3, 0.4) is 0 Å². The van der Waals surface area contributed by atoms with E-state index in [2.05, 4.69) is 46.8 Å². The first-order chi connectivity index (χ1) is 9.74. The maximum absolute atomic E-state index is 4.05. The van der Waals surface area contributed by atoms with Crippen LogP contribution in [-0.4, -0.2) is 26.2 Å². The quantitative estimate of drug-likeness (QED) is 0.841. The molecular formula is C15H23N5. The molecule has 0 aliphatic carbocycles. The summed E-state index contributed by atoms with van der Waals surface area (Å²) in [5, 5.41) is 15.2. The number of hydrogen-bond acceptors (Lipinski definition) is 4. The normalized spacial score (nSPS) is 11.0. The van der Waals surface area contributed by atoms with Crippen LogP contribution in [-0.2, 0) is 7.05 Å². The Labute approximate surface area is 120 Å². The zero-order valence-corrected chi connectivity index (χ0v) is 12.5. The van der Waals surface area contributed by atoms with E-state index in [1.54, 1.807) is 4.68 Å². The van der Waals surface area contributed by atoms with Crippen LogP contribution in [0.1, 0.15) is 39.5 Å². The standard InChI is InChI=1S/C15H23N5/c1-4-7-13(8-5-2)16-14-10-6-9-12(11-14)15-17-18-19-20(15)3/h6,9-11,13,16H,4-5,7-8H2,1-3H3. The summed E-state index contributed by atoms with van der Waals surface area (Å²) < 4.78 is 1.69. The third kappa shape index (κ3) is 3.56. The summed E-state index contributed by atoms with van der Waals surface area (Å²) in [5.41, 5.74) is 2.17. The van der Waals surface area contributed by atoms with E-state index in [1.807, 2.05) is 19.2 Å². The summed E-state index contributed by atoms with van der Waals surface area (Å²) in [6, 6.07) is 8.83. The van der Waals surface area contributed by atoms with Crippen molar-refractivity contribution in [1.82, 2.24) is 20.2 Å². The predicted octanol–water partition coefficient (Wildman–Crippen LogP) is 3.26. The molecule has 0 atom stereocenters. The number of rotatable bonds is 7. The lowest BCUT2D eigenvalue weighted by Gasteiger charge is -2.19. The second-order valence-electron chi connectivity index (χ2n) is 5.13. The van der Waals surface area contributed by atoms with Gasteiger partial charge in [0.15, 0.2) is 5.82 Å². The molecule has 0 radical (unpaired) electrons. The molecule has 5 heteroatoms. The van der Waals surface area contributed by atoms with Crippen molar-refractivity contribution >= 4 is 5.69 Å². The summed E-state index contributed by atoms with van der Waals surface area (Å²) in [6.45, 7) is 4.46. The van der Waals surface area contributed by atoms with Crippen molar-refractivity contribution in [2.45, 2.75) is 45.6 Å². The number of aromatic nitrogens is 4. The molecule has 5 nitrogen and oxygen atoms in total. The largest absolute Gasteiger partial charge is 0.382 e. The molecule has 0 unspecified atom stereocenters. The Kier molecular flexibility index (Phi) is 5.09. The van der Waals surface area contributed by atoms with E-state index in [9.17, 15) is 0 Å². The number of nitrogens with zero attached hydrogens (tertiary/aromatic N) is 4. The highest BCUT2D eigenvalue weighted by atomic mass is 15.5.